The summed E-state index contributed by atoms with van der Waals surface area (Å²) in [6.07, 6.45) is 0. The van der Waals surface area contributed by atoms with E-state index in [1.54, 1.807) is 0 Å². The fraction of sp³-hybridized carbons (Fsp3) is 0. The van der Waals surface area contributed by atoms with Crippen molar-refractivity contribution >= 4 is 34.1 Å². The van der Waals surface area contributed by atoms with Gasteiger partial charge in [-0.05, 0) is 0 Å². The highest BCUT2D eigenvalue weighted by Crippen LogP contribution is 2.35. The molecule has 4 aromatic rings. The Morgan fingerprint density at radius 2 is 1.28 bits per heavy atom. The van der Waals surface area contributed by atoms with Gasteiger partial charge in [0.2, 0.25) is 0 Å². The second kappa shape index (κ2) is 6.39. The summed E-state index contributed by atoms with van der Waals surface area (Å²) in [5.41, 5.74) is 2.12. The number of hydrogen-bond acceptors (Lipinski definition) is 3. The molecule has 3 nitrogen and oxygen atoms in total. The van der Waals surface area contributed by atoms with Gasteiger partial charge in [-0.15, -0.1) is 0 Å². The molecule has 0 amide bonds. The summed E-state index contributed by atoms with van der Waals surface area (Å²) < 4.78 is 14.6. The summed E-state index contributed by atoms with van der Waals surface area (Å²) in [5, 5.41) is 0.100. The van der Waals surface area contributed by atoms with E-state index in [0.29, 0.717) is 16.9 Å². The van der Waals surface area contributed by atoms with Crippen LogP contribution in [0.5, 0.6) is 0 Å². The first-order valence-electron chi connectivity index (χ1n) is 7.48. The van der Waals surface area contributed by atoms with E-state index in [2.05, 4.69) is 15.0 Å². The number of benzene rings is 2. The maximum absolute atomic E-state index is 14.6. The predicted octanol–water partition coefficient (Wildman–Crippen LogP) is 5.80. The van der Waals surface area contributed by atoms with Gasteiger partial charge in [0.05, 0.1) is 11.1 Å². The molecule has 0 unspecified atom stereocenters. The number of nitrogens with zero attached hydrogens (tertiary/aromatic N) is 3. The molecule has 0 fully saturated rings. The number of pyridine rings is 1. The Balaban J connectivity index is 2.13. The second-order valence-corrected chi connectivity index (χ2v) is 6.07. The van der Waals surface area contributed by atoms with E-state index >= 15 is 0 Å². The van der Waals surface area contributed by atoms with Gasteiger partial charge in [-0.2, -0.15) is 0 Å². The van der Waals surface area contributed by atoms with Gasteiger partial charge >= 0.3 is 0 Å². The van der Waals surface area contributed by atoms with Crippen LogP contribution in [0.1, 0.15) is 0 Å². The van der Waals surface area contributed by atoms with Gasteiger partial charge < -0.3 is 0 Å². The molecule has 4 rings (SSSR count). The lowest BCUT2D eigenvalue weighted by atomic mass is 10.1. The number of hydrogen-bond donors (Lipinski definition) is 0. The average Bonchev–Trinajstić information content (AvgIpc) is 2.66. The molecule has 2 heterocycles. The van der Waals surface area contributed by atoms with Crippen LogP contribution < -0.4 is 0 Å². The molecule has 122 valence electrons. The van der Waals surface area contributed by atoms with Crippen LogP contribution in [0.25, 0.3) is 33.5 Å². The van der Waals surface area contributed by atoms with E-state index in [1.807, 2.05) is 60.7 Å². The van der Waals surface area contributed by atoms with Crippen LogP contribution in [-0.2, 0) is 0 Å². The first-order chi connectivity index (χ1) is 12.1. The highest BCUT2D eigenvalue weighted by Gasteiger charge is 2.20. The lowest BCUT2D eigenvalue weighted by Gasteiger charge is -2.11. The lowest BCUT2D eigenvalue weighted by molar-refractivity contribution is 0.631. The van der Waals surface area contributed by atoms with Crippen LogP contribution in [0.2, 0.25) is 10.3 Å². The van der Waals surface area contributed by atoms with Crippen LogP contribution in [0.4, 0.5) is 4.39 Å². The van der Waals surface area contributed by atoms with E-state index in [0.717, 1.165) is 11.1 Å². The molecule has 0 radical (unpaired) electrons. The predicted molar refractivity (Wildman–Crippen MR) is 98.2 cm³/mol. The molecule has 0 aliphatic carbocycles. The fourth-order valence-electron chi connectivity index (χ4n) is 2.63. The molecule has 0 spiro atoms. The minimum atomic E-state index is -0.710. The summed E-state index contributed by atoms with van der Waals surface area (Å²) >= 11 is 12.1. The van der Waals surface area contributed by atoms with Crippen LogP contribution in [0, 0.1) is 5.82 Å². The third kappa shape index (κ3) is 2.84. The average molecular weight is 370 g/mol. The van der Waals surface area contributed by atoms with Crippen molar-refractivity contribution in [3.05, 3.63) is 76.8 Å². The molecule has 2 aromatic carbocycles. The van der Waals surface area contributed by atoms with Crippen molar-refractivity contribution in [2.45, 2.75) is 0 Å². The Hall–Kier alpha value is -2.56. The molecular weight excluding hydrogens is 360 g/mol. The third-order valence-corrected chi connectivity index (χ3v) is 4.30. The number of aromatic nitrogens is 3. The summed E-state index contributed by atoms with van der Waals surface area (Å²) in [5.74, 6) is -0.318. The van der Waals surface area contributed by atoms with Crippen LogP contribution in [0.3, 0.4) is 0 Å². The van der Waals surface area contributed by atoms with Gasteiger partial charge in [0.1, 0.15) is 10.7 Å². The highest BCUT2D eigenvalue weighted by molar-refractivity contribution is 6.37. The van der Waals surface area contributed by atoms with Gasteiger partial charge in [-0.1, -0.05) is 83.9 Å². The zero-order valence-corrected chi connectivity index (χ0v) is 14.3. The van der Waals surface area contributed by atoms with Crippen molar-refractivity contribution in [1.29, 1.82) is 0 Å². The molecule has 0 aliphatic heterocycles. The van der Waals surface area contributed by atoms with E-state index in [4.69, 9.17) is 23.2 Å². The Morgan fingerprint density at radius 3 is 1.92 bits per heavy atom. The normalized spacial score (nSPS) is 11.0. The molecule has 25 heavy (non-hydrogen) atoms. The van der Waals surface area contributed by atoms with Crippen molar-refractivity contribution in [2.24, 2.45) is 0 Å². The van der Waals surface area contributed by atoms with Gasteiger partial charge in [-0.25, -0.2) is 19.3 Å². The molecule has 0 aliphatic rings. The van der Waals surface area contributed by atoms with E-state index in [9.17, 15) is 4.39 Å². The van der Waals surface area contributed by atoms with Gasteiger partial charge in [0, 0.05) is 11.1 Å². The van der Waals surface area contributed by atoms with Crippen molar-refractivity contribution in [3.63, 3.8) is 0 Å². The van der Waals surface area contributed by atoms with Crippen LogP contribution in [0.15, 0.2) is 60.7 Å². The highest BCUT2D eigenvalue weighted by atomic mass is 35.5. The first kappa shape index (κ1) is 15.9. The summed E-state index contributed by atoms with van der Waals surface area (Å²) in [6.45, 7) is 0. The minimum absolute atomic E-state index is 0.0534. The van der Waals surface area contributed by atoms with Gasteiger partial charge in [0.25, 0.3) is 0 Å². The molecule has 0 atom stereocenters. The van der Waals surface area contributed by atoms with Crippen molar-refractivity contribution < 1.29 is 4.39 Å². The Labute approximate surface area is 153 Å². The van der Waals surface area contributed by atoms with Crippen molar-refractivity contribution in [2.75, 3.05) is 0 Å². The van der Waals surface area contributed by atoms with Gasteiger partial charge in [0.15, 0.2) is 16.8 Å². The molecule has 0 bridgehead atoms. The van der Waals surface area contributed by atoms with E-state index in [1.165, 1.54) is 0 Å². The molecular formula is C19H10Cl2FN3. The van der Waals surface area contributed by atoms with E-state index < -0.39 is 5.82 Å². The summed E-state index contributed by atoms with van der Waals surface area (Å²) in [6, 6.07) is 18.7. The molecule has 0 N–H and O–H groups in total. The summed E-state index contributed by atoms with van der Waals surface area (Å²) in [4.78, 5) is 12.9. The molecule has 0 saturated heterocycles. The van der Waals surface area contributed by atoms with Gasteiger partial charge in [-0.3, -0.25) is 0 Å². The fourth-order valence-corrected chi connectivity index (χ4v) is 3.11. The molecule has 0 saturated carbocycles. The summed E-state index contributed by atoms with van der Waals surface area (Å²) in [7, 11) is 0. The third-order valence-electron chi connectivity index (χ3n) is 3.78. The zero-order chi connectivity index (χ0) is 17.4. The quantitative estimate of drug-likeness (QED) is 0.418. The standard InChI is InChI=1S/C19H10Cl2FN3/c20-17-13-15(11-7-3-1-4-8-11)23-19(12-9-5-2-6-10-12)24-16(13)14(22)18(21)25-17/h1-10H. The minimum Gasteiger partial charge on any atom is -0.227 e. The lowest BCUT2D eigenvalue weighted by Crippen LogP contribution is -1.99. The molecule has 2 aromatic heterocycles. The Morgan fingerprint density at radius 1 is 0.680 bits per heavy atom. The Bertz CT molecular complexity index is 1070. The molecule has 6 heteroatoms. The first-order valence-corrected chi connectivity index (χ1v) is 8.24. The SMILES string of the molecule is Fc1c(Cl)nc(Cl)c2c(-c3ccccc3)nc(-c3ccccc3)nc12. The number of halogens is 3. The largest absolute Gasteiger partial charge is 0.227 e. The number of fused-ring (bicyclic) bond motifs is 1. The topological polar surface area (TPSA) is 38.7 Å². The van der Waals surface area contributed by atoms with E-state index in [-0.39, 0.29) is 15.8 Å². The smallest absolute Gasteiger partial charge is 0.186 e. The Kier molecular flexibility index (Phi) is 4.07. The van der Waals surface area contributed by atoms with Crippen molar-refractivity contribution in [3.8, 4) is 22.6 Å². The van der Waals surface area contributed by atoms with Crippen LogP contribution in [-0.4, -0.2) is 15.0 Å². The van der Waals surface area contributed by atoms with Crippen molar-refractivity contribution in [1.82, 2.24) is 15.0 Å². The number of rotatable bonds is 2. The maximum atomic E-state index is 14.6. The van der Waals surface area contributed by atoms with Crippen LogP contribution >= 0.6 is 23.2 Å². The monoisotopic (exact) mass is 369 g/mol. The zero-order valence-electron chi connectivity index (χ0n) is 12.7. The second-order valence-electron chi connectivity index (χ2n) is 5.36. The maximum Gasteiger partial charge on any atom is 0.186 e.